The average Bonchev–Trinajstić information content (AvgIpc) is 2.84. The minimum atomic E-state index is -4.54. The van der Waals surface area contributed by atoms with Crippen molar-refractivity contribution in [2.75, 3.05) is 25.0 Å². The average molecular weight is 494 g/mol. The second-order valence-corrected chi connectivity index (χ2v) is 8.82. The Kier molecular flexibility index (Phi) is 7.67. The summed E-state index contributed by atoms with van der Waals surface area (Å²) in [5, 5.41) is 5.89. The number of alkyl halides is 3. The normalized spacial score (nSPS) is 16.2. The molecule has 1 aliphatic rings. The van der Waals surface area contributed by atoms with Crippen LogP contribution >= 0.6 is 0 Å². The van der Waals surface area contributed by atoms with Gasteiger partial charge in [-0.2, -0.15) is 13.2 Å². The van der Waals surface area contributed by atoms with E-state index in [1.807, 2.05) is 18.7 Å². The molecule has 3 aromatic rings. The summed E-state index contributed by atoms with van der Waals surface area (Å²) in [6.45, 7) is 6.15. The standard InChI is InChI=1S/C27H26F3N5O/c1-18-3-5-22(11-21(18)6-4-20-13-31-17-32-14-20)26(36)34-24-8-7-23(25(12-24)27(28,29)30)16-35-10-9-33-19(2)15-35/h3,5,7-8,11-14,17,19,33H,9-10,15-16H2,1-2H3,(H,34,36). The van der Waals surface area contributed by atoms with E-state index in [1.165, 1.54) is 18.5 Å². The van der Waals surface area contributed by atoms with E-state index < -0.39 is 17.6 Å². The number of carbonyl (C=O) groups is 1. The Morgan fingerprint density at radius 1 is 1.17 bits per heavy atom. The van der Waals surface area contributed by atoms with Crippen LogP contribution in [0.4, 0.5) is 18.9 Å². The van der Waals surface area contributed by atoms with Crippen LogP contribution in [-0.4, -0.2) is 46.5 Å². The van der Waals surface area contributed by atoms with Gasteiger partial charge in [0.1, 0.15) is 6.33 Å². The summed E-state index contributed by atoms with van der Waals surface area (Å²) in [5.74, 6) is 5.43. The van der Waals surface area contributed by atoms with E-state index >= 15 is 0 Å². The maximum Gasteiger partial charge on any atom is 0.416 e. The topological polar surface area (TPSA) is 70.2 Å². The first kappa shape index (κ1) is 25.4. The van der Waals surface area contributed by atoms with Crippen LogP contribution in [0.1, 0.15) is 45.1 Å². The Labute approximate surface area is 208 Å². The maximum absolute atomic E-state index is 13.9. The Bertz CT molecular complexity index is 1300. The molecule has 0 radical (unpaired) electrons. The van der Waals surface area contributed by atoms with Gasteiger partial charge in [0.2, 0.25) is 0 Å². The van der Waals surface area contributed by atoms with E-state index in [2.05, 4.69) is 32.4 Å². The van der Waals surface area contributed by atoms with Gasteiger partial charge in [-0.15, -0.1) is 0 Å². The number of amides is 1. The highest BCUT2D eigenvalue weighted by Gasteiger charge is 2.34. The van der Waals surface area contributed by atoms with Gasteiger partial charge >= 0.3 is 6.18 Å². The molecular weight excluding hydrogens is 467 g/mol. The Morgan fingerprint density at radius 2 is 1.94 bits per heavy atom. The van der Waals surface area contributed by atoms with Crippen LogP contribution in [0.3, 0.4) is 0 Å². The SMILES string of the molecule is Cc1ccc(C(=O)Nc2ccc(CN3CCNC(C)C3)c(C(F)(F)F)c2)cc1C#Cc1cncnc1. The molecule has 1 fully saturated rings. The number of nitrogens with one attached hydrogen (secondary N) is 2. The maximum atomic E-state index is 13.9. The van der Waals surface area contributed by atoms with Gasteiger partial charge in [-0.25, -0.2) is 9.97 Å². The number of hydrogen-bond donors (Lipinski definition) is 2. The van der Waals surface area contributed by atoms with Crippen molar-refractivity contribution in [2.45, 2.75) is 32.6 Å². The van der Waals surface area contributed by atoms with Crippen molar-refractivity contribution in [2.24, 2.45) is 0 Å². The molecule has 1 unspecified atom stereocenters. The molecule has 9 heteroatoms. The van der Waals surface area contributed by atoms with E-state index in [1.54, 1.807) is 30.6 Å². The quantitative estimate of drug-likeness (QED) is 0.532. The van der Waals surface area contributed by atoms with Crippen LogP contribution in [0.15, 0.2) is 55.1 Å². The molecule has 6 nitrogen and oxygen atoms in total. The van der Waals surface area contributed by atoms with Crippen molar-refractivity contribution >= 4 is 11.6 Å². The monoisotopic (exact) mass is 493 g/mol. The molecular formula is C27H26F3N5O. The van der Waals surface area contributed by atoms with Gasteiger partial charge in [-0.05, 0) is 49.2 Å². The van der Waals surface area contributed by atoms with Gasteiger partial charge in [-0.1, -0.05) is 24.0 Å². The predicted octanol–water partition coefficient (Wildman–Crippen LogP) is 4.25. The van der Waals surface area contributed by atoms with Gasteiger partial charge < -0.3 is 10.6 Å². The highest BCUT2D eigenvalue weighted by atomic mass is 19.4. The minimum Gasteiger partial charge on any atom is -0.322 e. The van der Waals surface area contributed by atoms with E-state index in [-0.39, 0.29) is 23.8 Å². The third kappa shape index (κ3) is 6.47. The largest absolute Gasteiger partial charge is 0.416 e. The zero-order valence-corrected chi connectivity index (χ0v) is 20.0. The summed E-state index contributed by atoms with van der Waals surface area (Å²) in [6, 6.07) is 9.16. The number of carbonyl (C=O) groups excluding carboxylic acids is 1. The molecule has 36 heavy (non-hydrogen) atoms. The summed E-state index contributed by atoms with van der Waals surface area (Å²) in [4.78, 5) is 22.7. The summed E-state index contributed by atoms with van der Waals surface area (Å²) in [6.07, 6.45) is 0.0281. The van der Waals surface area contributed by atoms with Crippen LogP contribution in [0, 0.1) is 18.8 Å². The molecule has 1 amide bonds. The summed E-state index contributed by atoms with van der Waals surface area (Å²) < 4.78 is 41.6. The molecule has 0 spiro atoms. The second kappa shape index (κ2) is 10.9. The van der Waals surface area contributed by atoms with Crippen molar-refractivity contribution in [1.82, 2.24) is 20.2 Å². The molecule has 1 aliphatic heterocycles. The fourth-order valence-electron chi connectivity index (χ4n) is 4.06. The van der Waals surface area contributed by atoms with Crippen molar-refractivity contribution in [3.63, 3.8) is 0 Å². The highest BCUT2D eigenvalue weighted by Crippen LogP contribution is 2.34. The highest BCUT2D eigenvalue weighted by molar-refractivity contribution is 6.04. The van der Waals surface area contributed by atoms with Crippen LogP contribution in [0.2, 0.25) is 0 Å². The van der Waals surface area contributed by atoms with Gasteiger partial charge in [-0.3, -0.25) is 9.69 Å². The van der Waals surface area contributed by atoms with Gasteiger partial charge in [0.15, 0.2) is 0 Å². The molecule has 0 saturated carbocycles. The molecule has 2 N–H and O–H groups in total. The Balaban J connectivity index is 1.53. The molecule has 1 atom stereocenters. The molecule has 0 aliphatic carbocycles. The number of piperazine rings is 1. The molecule has 2 aromatic carbocycles. The number of halogens is 3. The Hall–Kier alpha value is -3.74. The third-order valence-corrected chi connectivity index (χ3v) is 5.92. The van der Waals surface area contributed by atoms with Gasteiger partial charge in [0, 0.05) is 61.4 Å². The second-order valence-electron chi connectivity index (χ2n) is 8.82. The Morgan fingerprint density at radius 3 is 2.67 bits per heavy atom. The molecule has 1 saturated heterocycles. The van der Waals surface area contributed by atoms with Crippen molar-refractivity contribution in [3.8, 4) is 11.8 Å². The first-order chi connectivity index (χ1) is 17.2. The number of anilines is 1. The number of aromatic nitrogens is 2. The van der Waals surface area contributed by atoms with Crippen LogP contribution in [0.25, 0.3) is 0 Å². The first-order valence-electron chi connectivity index (χ1n) is 11.5. The van der Waals surface area contributed by atoms with E-state index in [9.17, 15) is 18.0 Å². The van der Waals surface area contributed by atoms with E-state index in [0.29, 0.717) is 29.8 Å². The number of hydrogen-bond acceptors (Lipinski definition) is 5. The zero-order chi connectivity index (χ0) is 25.7. The lowest BCUT2D eigenvalue weighted by Crippen LogP contribution is -2.48. The molecule has 4 rings (SSSR count). The fourth-order valence-corrected chi connectivity index (χ4v) is 4.06. The summed E-state index contributed by atoms with van der Waals surface area (Å²) in [5.41, 5.74) is 1.94. The zero-order valence-electron chi connectivity index (χ0n) is 20.0. The van der Waals surface area contributed by atoms with Gasteiger partial charge in [0.25, 0.3) is 5.91 Å². The molecule has 0 bridgehead atoms. The van der Waals surface area contributed by atoms with Gasteiger partial charge in [0.05, 0.1) is 11.1 Å². The minimum absolute atomic E-state index is 0.0828. The summed E-state index contributed by atoms with van der Waals surface area (Å²) >= 11 is 0. The van der Waals surface area contributed by atoms with Crippen molar-refractivity contribution in [3.05, 3.63) is 88.5 Å². The third-order valence-electron chi connectivity index (χ3n) is 5.92. The van der Waals surface area contributed by atoms with Crippen molar-refractivity contribution in [1.29, 1.82) is 0 Å². The van der Waals surface area contributed by atoms with E-state index in [0.717, 1.165) is 18.2 Å². The lowest BCUT2D eigenvalue weighted by molar-refractivity contribution is -0.138. The molecule has 2 heterocycles. The smallest absolute Gasteiger partial charge is 0.322 e. The van der Waals surface area contributed by atoms with Crippen LogP contribution < -0.4 is 10.6 Å². The first-order valence-corrected chi connectivity index (χ1v) is 11.5. The predicted molar refractivity (Wildman–Crippen MR) is 131 cm³/mol. The van der Waals surface area contributed by atoms with Crippen LogP contribution in [-0.2, 0) is 12.7 Å². The van der Waals surface area contributed by atoms with Crippen molar-refractivity contribution < 1.29 is 18.0 Å². The lowest BCUT2D eigenvalue weighted by Gasteiger charge is -2.32. The number of rotatable bonds is 4. The number of aryl methyl sites for hydroxylation is 1. The molecule has 1 aromatic heterocycles. The van der Waals surface area contributed by atoms with Crippen LogP contribution in [0.5, 0.6) is 0 Å². The molecule has 186 valence electrons. The number of nitrogens with zero attached hydrogens (tertiary/aromatic N) is 3. The number of benzene rings is 2. The summed E-state index contributed by atoms with van der Waals surface area (Å²) in [7, 11) is 0. The van der Waals surface area contributed by atoms with E-state index in [4.69, 9.17) is 0 Å². The fraction of sp³-hybridized carbons (Fsp3) is 0.296. The lowest BCUT2D eigenvalue weighted by atomic mass is 10.0.